The molecule has 1 aromatic carbocycles. The summed E-state index contributed by atoms with van der Waals surface area (Å²) in [6.07, 6.45) is 5.53. The minimum absolute atomic E-state index is 0.0737. The average molecular weight is 332 g/mol. The zero-order chi connectivity index (χ0) is 15.4. The van der Waals surface area contributed by atoms with Crippen LogP contribution in [0.4, 0.5) is 0 Å². The molecule has 0 atom stereocenters. The van der Waals surface area contributed by atoms with E-state index in [9.17, 15) is 4.79 Å². The monoisotopic (exact) mass is 331 g/mol. The maximum Gasteiger partial charge on any atom is 0.246 e. The van der Waals surface area contributed by atoms with Crippen LogP contribution in [0.1, 0.15) is 29.2 Å². The molecule has 1 aromatic heterocycles. The van der Waals surface area contributed by atoms with E-state index in [1.54, 1.807) is 12.2 Å². The molecule has 2 nitrogen and oxygen atoms in total. The molecule has 1 aliphatic heterocycles. The molecule has 114 valence electrons. The van der Waals surface area contributed by atoms with Gasteiger partial charge < -0.3 is 4.90 Å². The Balaban J connectivity index is 1.57. The van der Waals surface area contributed by atoms with E-state index < -0.39 is 0 Å². The van der Waals surface area contributed by atoms with E-state index in [0.717, 1.165) is 31.5 Å². The summed E-state index contributed by atoms with van der Waals surface area (Å²) in [6.45, 7) is 1.66. The molecule has 3 rings (SSSR count). The molecule has 1 amide bonds. The lowest BCUT2D eigenvalue weighted by molar-refractivity contribution is -0.126. The Morgan fingerprint density at radius 1 is 1.18 bits per heavy atom. The number of hydrogen-bond donors (Lipinski definition) is 0. The maximum atomic E-state index is 12.3. The zero-order valence-electron chi connectivity index (χ0n) is 12.2. The highest BCUT2D eigenvalue weighted by Crippen LogP contribution is 2.31. The summed E-state index contributed by atoms with van der Waals surface area (Å²) in [5.41, 5.74) is 0.881. The van der Waals surface area contributed by atoms with Gasteiger partial charge >= 0.3 is 0 Å². The van der Waals surface area contributed by atoms with Gasteiger partial charge in [-0.3, -0.25) is 4.79 Å². The number of carbonyl (C=O) groups excluding carboxylic acids is 1. The molecule has 1 fully saturated rings. The molecule has 0 N–H and O–H groups in total. The highest BCUT2D eigenvalue weighted by molar-refractivity contribution is 7.10. The van der Waals surface area contributed by atoms with Gasteiger partial charge in [-0.15, -0.1) is 11.3 Å². The quantitative estimate of drug-likeness (QED) is 0.738. The van der Waals surface area contributed by atoms with E-state index in [1.807, 2.05) is 40.5 Å². The fourth-order valence-corrected chi connectivity index (χ4v) is 3.88. The largest absolute Gasteiger partial charge is 0.339 e. The number of carbonyl (C=O) groups is 1. The first-order chi connectivity index (χ1) is 10.7. The third-order valence-electron chi connectivity index (χ3n) is 4.06. The fraction of sp³-hybridized carbons (Fsp3) is 0.278. The van der Waals surface area contributed by atoms with Crippen molar-refractivity contribution < 1.29 is 4.79 Å². The SMILES string of the molecule is O=C(C=Cc1ccccc1Cl)N1CCC(c2cccs2)CC1. The molecule has 0 unspecified atom stereocenters. The smallest absolute Gasteiger partial charge is 0.246 e. The van der Waals surface area contributed by atoms with E-state index in [2.05, 4.69) is 17.5 Å². The van der Waals surface area contributed by atoms with Gasteiger partial charge in [-0.2, -0.15) is 0 Å². The lowest BCUT2D eigenvalue weighted by atomic mass is 9.95. The zero-order valence-corrected chi connectivity index (χ0v) is 13.8. The second-order valence-electron chi connectivity index (χ2n) is 5.47. The number of piperidine rings is 1. The van der Waals surface area contributed by atoms with Crippen LogP contribution < -0.4 is 0 Å². The number of halogens is 1. The predicted octanol–water partition coefficient (Wildman–Crippen LogP) is 4.82. The van der Waals surface area contributed by atoms with Crippen LogP contribution in [-0.2, 0) is 4.79 Å². The molecule has 4 heteroatoms. The molecule has 2 heterocycles. The maximum absolute atomic E-state index is 12.3. The van der Waals surface area contributed by atoms with Gasteiger partial charge in [0.25, 0.3) is 0 Å². The van der Waals surface area contributed by atoms with Crippen molar-refractivity contribution in [1.82, 2.24) is 4.90 Å². The van der Waals surface area contributed by atoms with Crippen LogP contribution in [0.3, 0.4) is 0 Å². The Labute approximate surface area is 140 Å². The Bertz CT molecular complexity index is 657. The third kappa shape index (κ3) is 3.60. The molecule has 0 radical (unpaired) electrons. The number of benzene rings is 1. The van der Waals surface area contributed by atoms with Gasteiger partial charge in [0, 0.05) is 29.1 Å². The van der Waals surface area contributed by atoms with Crippen molar-refractivity contribution in [2.45, 2.75) is 18.8 Å². The molecule has 0 aliphatic carbocycles. The van der Waals surface area contributed by atoms with E-state index in [4.69, 9.17) is 11.6 Å². The van der Waals surface area contributed by atoms with Crippen LogP contribution in [0.5, 0.6) is 0 Å². The van der Waals surface area contributed by atoms with E-state index in [1.165, 1.54) is 4.88 Å². The second-order valence-corrected chi connectivity index (χ2v) is 6.86. The highest BCUT2D eigenvalue weighted by atomic mass is 35.5. The summed E-state index contributed by atoms with van der Waals surface area (Å²) in [5.74, 6) is 0.682. The van der Waals surface area contributed by atoms with Crippen LogP contribution >= 0.6 is 22.9 Å². The Morgan fingerprint density at radius 2 is 1.95 bits per heavy atom. The van der Waals surface area contributed by atoms with Gasteiger partial charge in [0.15, 0.2) is 0 Å². The van der Waals surface area contributed by atoms with Crippen molar-refractivity contribution in [1.29, 1.82) is 0 Å². The van der Waals surface area contributed by atoms with Gasteiger partial charge in [-0.1, -0.05) is 35.9 Å². The lowest BCUT2D eigenvalue weighted by Crippen LogP contribution is -2.36. The van der Waals surface area contributed by atoms with Crippen molar-refractivity contribution in [2.75, 3.05) is 13.1 Å². The summed E-state index contributed by atoms with van der Waals surface area (Å²) in [6, 6.07) is 11.8. The summed E-state index contributed by atoms with van der Waals surface area (Å²) in [7, 11) is 0. The summed E-state index contributed by atoms with van der Waals surface area (Å²) in [4.78, 5) is 15.6. The van der Waals surface area contributed by atoms with Crippen LogP contribution in [0, 0.1) is 0 Å². The number of thiophene rings is 1. The first kappa shape index (κ1) is 15.3. The van der Waals surface area contributed by atoms with Crippen molar-refractivity contribution in [3.63, 3.8) is 0 Å². The normalized spacial score (nSPS) is 16.3. The molecule has 0 spiro atoms. The highest BCUT2D eigenvalue weighted by Gasteiger charge is 2.23. The number of amides is 1. The van der Waals surface area contributed by atoms with Crippen LogP contribution in [-0.4, -0.2) is 23.9 Å². The number of nitrogens with zero attached hydrogens (tertiary/aromatic N) is 1. The molecular formula is C18H18ClNOS. The molecule has 1 aliphatic rings. The Morgan fingerprint density at radius 3 is 2.64 bits per heavy atom. The second kappa shape index (κ2) is 7.12. The minimum Gasteiger partial charge on any atom is -0.339 e. The first-order valence-corrected chi connectivity index (χ1v) is 8.75. The standard InChI is InChI=1S/C18H18ClNOS/c19-16-5-2-1-4-14(16)7-8-18(21)20-11-9-15(10-12-20)17-6-3-13-22-17/h1-8,13,15H,9-12H2. The molecule has 0 saturated carbocycles. The summed E-state index contributed by atoms with van der Waals surface area (Å²) >= 11 is 7.91. The molecule has 22 heavy (non-hydrogen) atoms. The van der Waals surface area contributed by atoms with Crippen LogP contribution in [0.15, 0.2) is 47.9 Å². The topological polar surface area (TPSA) is 20.3 Å². The number of rotatable bonds is 3. The van der Waals surface area contributed by atoms with Gasteiger partial charge in [0.05, 0.1) is 0 Å². The summed E-state index contributed by atoms with van der Waals surface area (Å²) < 4.78 is 0. The van der Waals surface area contributed by atoms with Gasteiger partial charge in [0.1, 0.15) is 0 Å². The van der Waals surface area contributed by atoms with Crippen molar-refractivity contribution >= 4 is 34.9 Å². The van der Waals surface area contributed by atoms with Crippen LogP contribution in [0.25, 0.3) is 6.08 Å². The average Bonchev–Trinajstić information content (AvgIpc) is 3.08. The number of hydrogen-bond acceptors (Lipinski definition) is 2. The molecule has 0 bridgehead atoms. The predicted molar refractivity (Wildman–Crippen MR) is 93.4 cm³/mol. The van der Waals surface area contributed by atoms with Crippen molar-refractivity contribution in [3.8, 4) is 0 Å². The molecular weight excluding hydrogens is 314 g/mol. The summed E-state index contributed by atoms with van der Waals surface area (Å²) in [5, 5.41) is 2.79. The van der Waals surface area contributed by atoms with Crippen molar-refractivity contribution in [2.24, 2.45) is 0 Å². The van der Waals surface area contributed by atoms with Gasteiger partial charge in [-0.05, 0) is 47.9 Å². The lowest BCUT2D eigenvalue weighted by Gasteiger charge is -2.30. The van der Waals surface area contributed by atoms with E-state index >= 15 is 0 Å². The van der Waals surface area contributed by atoms with Crippen LogP contribution in [0.2, 0.25) is 5.02 Å². The molecule has 1 saturated heterocycles. The van der Waals surface area contributed by atoms with Crippen molar-refractivity contribution in [3.05, 3.63) is 63.3 Å². The van der Waals surface area contributed by atoms with Gasteiger partial charge in [0.2, 0.25) is 5.91 Å². The van der Waals surface area contributed by atoms with E-state index in [0.29, 0.717) is 10.9 Å². The Kier molecular flexibility index (Phi) is 4.96. The van der Waals surface area contributed by atoms with Gasteiger partial charge in [-0.25, -0.2) is 0 Å². The fourth-order valence-electron chi connectivity index (χ4n) is 2.78. The number of likely N-dealkylation sites (tertiary alicyclic amines) is 1. The first-order valence-electron chi connectivity index (χ1n) is 7.49. The third-order valence-corrected chi connectivity index (χ3v) is 5.44. The minimum atomic E-state index is 0.0737. The Hall–Kier alpha value is -1.58. The molecule has 2 aromatic rings. The van der Waals surface area contributed by atoms with E-state index in [-0.39, 0.29) is 5.91 Å².